The van der Waals surface area contributed by atoms with Crippen LogP contribution in [0, 0.1) is 0 Å². The summed E-state index contributed by atoms with van der Waals surface area (Å²) in [6.45, 7) is 6.52. The van der Waals surface area contributed by atoms with E-state index in [9.17, 15) is 4.79 Å². The topological polar surface area (TPSA) is 62.0 Å². The van der Waals surface area contributed by atoms with E-state index in [4.69, 9.17) is 14.2 Å². The summed E-state index contributed by atoms with van der Waals surface area (Å²) >= 11 is 1.47. The highest BCUT2D eigenvalue weighted by Crippen LogP contribution is 2.27. The monoisotopic (exact) mass is 442 g/mol. The molecular formula is C24H30N2O4S. The van der Waals surface area contributed by atoms with Crippen LogP contribution in [-0.4, -0.2) is 37.4 Å². The minimum atomic E-state index is -0.297. The summed E-state index contributed by atoms with van der Waals surface area (Å²) in [5.41, 5.74) is 1.43. The molecule has 3 aromatic rings. The molecule has 31 heavy (non-hydrogen) atoms. The number of nitrogens with zero attached hydrogens (tertiary/aromatic N) is 2. The maximum Gasteiger partial charge on any atom is 0.279 e. The summed E-state index contributed by atoms with van der Waals surface area (Å²) in [7, 11) is 1.65. The van der Waals surface area contributed by atoms with Crippen LogP contribution in [0.5, 0.6) is 11.5 Å². The van der Waals surface area contributed by atoms with Crippen molar-refractivity contribution in [2.45, 2.75) is 39.7 Å². The first-order chi connectivity index (χ1) is 15.2. The number of benzene rings is 2. The number of amides is 1. The lowest BCUT2D eigenvalue weighted by molar-refractivity contribution is 0.0996. The van der Waals surface area contributed by atoms with Gasteiger partial charge in [-0.2, -0.15) is 4.99 Å². The number of carbonyl (C=O) groups is 1. The molecule has 0 spiro atoms. The van der Waals surface area contributed by atoms with Crippen LogP contribution in [-0.2, 0) is 11.3 Å². The SMILES string of the molecule is CCCCCOc1cccc(C(=O)N=c2sc3cccc(OC)c3n2CCOCC)c1. The second-order valence-electron chi connectivity index (χ2n) is 7.04. The molecule has 6 nitrogen and oxygen atoms in total. The molecule has 0 saturated carbocycles. The molecule has 2 aromatic carbocycles. The van der Waals surface area contributed by atoms with Crippen molar-refractivity contribution in [3.8, 4) is 11.5 Å². The van der Waals surface area contributed by atoms with Crippen molar-refractivity contribution in [2.24, 2.45) is 4.99 Å². The van der Waals surface area contributed by atoms with Crippen LogP contribution >= 0.6 is 11.3 Å². The molecule has 0 aliphatic rings. The maximum absolute atomic E-state index is 13.0. The number of fused-ring (bicyclic) bond motifs is 1. The van der Waals surface area contributed by atoms with Gasteiger partial charge in [-0.05, 0) is 43.7 Å². The minimum absolute atomic E-state index is 0.297. The molecule has 0 fully saturated rings. The Morgan fingerprint density at radius 3 is 2.71 bits per heavy atom. The number of methoxy groups -OCH3 is 1. The van der Waals surface area contributed by atoms with Crippen molar-refractivity contribution in [2.75, 3.05) is 26.9 Å². The van der Waals surface area contributed by atoms with Crippen molar-refractivity contribution in [3.05, 3.63) is 52.8 Å². The molecule has 0 aliphatic heterocycles. The fourth-order valence-electron chi connectivity index (χ4n) is 3.27. The zero-order valence-electron chi connectivity index (χ0n) is 18.4. The summed E-state index contributed by atoms with van der Waals surface area (Å²) in [4.78, 5) is 18.0. The first kappa shape index (κ1) is 23.0. The van der Waals surface area contributed by atoms with Gasteiger partial charge in [-0.3, -0.25) is 4.79 Å². The van der Waals surface area contributed by atoms with Gasteiger partial charge in [0.05, 0.1) is 25.0 Å². The van der Waals surface area contributed by atoms with E-state index in [1.807, 2.05) is 41.8 Å². The van der Waals surface area contributed by atoms with Gasteiger partial charge in [0.1, 0.15) is 17.0 Å². The quantitative estimate of drug-likeness (QED) is 0.390. The normalized spacial score (nSPS) is 11.8. The minimum Gasteiger partial charge on any atom is -0.495 e. The van der Waals surface area contributed by atoms with Gasteiger partial charge in [0.2, 0.25) is 0 Å². The van der Waals surface area contributed by atoms with Gasteiger partial charge in [-0.15, -0.1) is 0 Å². The third kappa shape index (κ3) is 5.95. The van der Waals surface area contributed by atoms with Crippen LogP contribution in [0.4, 0.5) is 0 Å². The average Bonchev–Trinajstić information content (AvgIpc) is 3.14. The van der Waals surface area contributed by atoms with Crippen molar-refractivity contribution >= 4 is 27.5 Å². The smallest absolute Gasteiger partial charge is 0.279 e. The van der Waals surface area contributed by atoms with E-state index in [1.54, 1.807) is 19.2 Å². The Labute approximate surface area is 187 Å². The molecule has 0 unspecified atom stereocenters. The van der Waals surface area contributed by atoms with E-state index in [1.165, 1.54) is 11.3 Å². The lowest BCUT2D eigenvalue weighted by atomic mass is 10.2. The molecular weight excluding hydrogens is 412 g/mol. The molecule has 0 atom stereocenters. The molecule has 0 N–H and O–H groups in total. The van der Waals surface area contributed by atoms with Crippen LogP contribution in [0.3, 0.4) is 0 Å². The van der Waals surface area contributed by atoms with Crippen LogP contribution in [0.2, 0.25) is 0 Å². The predicted octanol–water partition coefficient (Wildman–Crippen LogP) is 5.06. The molecule has 1 aromatic heterocycles. The van der Waals surface area contributed by atoms with E-state index in [0.29, 0.717) is 42.5 Å². The Balaban J connectivity index is 1.92. The van der Waals surface area contributed by atoms with E-state index < -0.39 is 0 Å². The van der Waals surface area contributed by atoms with Gasteiger partial charge in [0.25, 0.3) is 5.91 Å². The largest absolute Gasteiger partial charge is 0.495 e. The third-order valence-corrected chi connectivity index (χ3v) is 5.89. The number of ether oxygens (including phenoxy) is 3. The van der Waals surface area contributed by atoms with Crippen LogP contribution < -0.4 is 14.3 Å². The first-order valence-corrected chi connectivity index (χ1v) is 11.6. The van der Waals surface area contributed by atoms with Gasteiger partial charge in [-0.25, -0.2) is 0 Å². The molecule has 0 radical (unpaired) electrons. The number of unbranched alkanes of at least 4 members (excludes halogenated alkanes) is 2. The van der Waals surface area contributed by atoms with E-state index in [0.717, 1.165) is 35.2 Å². The Hall–Kier alpha value is -2.64. The number of hydrogen-bond acceptors (Lipinski definition) is 5. The zero-order chi connectivity index (χ0) is 22.1. The molecule has 166 valence electrons. The van der Waals surface area contributed by atoms with Crippen molar-refractivity contribution < 1.29 is 19.0 Å². The van der Waals surface area contributed by atoms with Gasteiger partial charge in [0.15, 0.2) is 4.80 Å². The van der Waals surface area contributed by atoms with Crippen LogP contribution in [0.25, 0.3) is 10.2 Å². The second kappa shape index (κ2) is 11.7. The highest BCUT2D eigenvalue weighted by molar-refractivity contribution is 7.16. The number of aromatic nitrogens is 1. The molecule has 0 saturated heterocycles. The van der Waals surface area contributed by atoms with Crippen molar-refractivity contribution in [3.63, 3.8) is 0 Å². The van der Waals surface area contributed by atoms with E-state index in [-0.39, 0.29) is 5.91 Å². The number of carbonyl (C=O) groups excluding carboxylic acids is 1. The Bertz CT molecular complexity index is 1070. The molecule has 1 amide bonds. The number of hydrogen-bond donors (Lipinski definition) is 0. The maximum atomic E-state index is 13.0. The van der Waals surface area contributed by atoms with Crippen LogP contribution in [0.1, 0.15) is 43.5 Å². The molecule has 0 aliphatic carbocycles. The van der Waals surface area contributed by atoms with Crippen molar-refractivity contribution in [1.29, 1.82) is 0 Å². The average molecular weight is 443 g/mol. The van der Waals surface area contributed by atoms with Gasteiger partial charge < -0.3 is 18.8 Å². The lowest BCUT2D eigenvalue weighted by Crippen LogP contribution is -2.20. The first-order valence-electron chi connectivity index (χ1n) is 10.7. The van der Waals surface area contributed by atoms with Gasteiger partial charge >= 0.3 is 0 Å². The zero-order valence-corrected chi connectivity index (χ0v) is 19.2. The molecule has 7 heteroatoms. The summed E-state index contributed by atoms with van der Waals surface area (Å²) in [5.74, 6) is 1.15. The summed E-state index contributed by atoms with van der Waals surface area (Å²) in [6, 6.07) is 13.1. The third-order valence-electron chi connectivity index (χ3n) is 4.84. The van der Waals surface area contributed by atoms with Gasteiger partial charge in [0, 0.05) is 18.7 Å². The fourth-order valence-corrected chi connectivity index (χ4v) is 4.34. The number of para-hydroxylation sites is 1. The fraction of sp³-hybridized carbons (Fsp3) is 0.417. The lowest BCUT2D eigenvalue weighted by Gasteiger charge is -2.09. The van der Waals surface area contributed by atoms with E-state index in [2.05, 4.69) is 11.9 Å². The van der Waals surface area contributed by atoms with E-state index >= 15 is 0 Å². The Morgan fingerprint density at radius 1 is 1.10 bits per heavy atom. The highest BCUT2D eigenvalue weighted by atomic mass is 32.1. The van der Waals surface area contributed by atoms with Crippen LogP contribution in [0.15, 0.2) is 47.5 Å². The standard InChI is InChI=1S/C24H30N2O4S/c1-4-6-7-15-30-19-11-8-10-18(17-19)23(27)25-24-26(14-16-29-5-2)22-20(28-3)12-9-13-21(22)31-24/h8-13,17H,4-7,14-16H2,1-3H3. The highest BCUT2D eigenvalue weighted by Gasteiger charge is 2.13. The van der Waals surface area contributed by atoms with Gasteiger partial charge in [-0.1, -0.05) is 43.2 Å². The Morgan fingerprint density at radius 2 is 1.94 bits per heavy atom. The predicted molar refractivity (Wildman–Crippen MR) is 124 cm³/mol. The summed E-state index contributed by atoms with van der Waals surface area (Å²) in [5, 5.41) is 0. The van der Waals surface area contributed by atoms with Crippen molar-refractivity contribution in [1.82, 2.24) is 4.57 Å². The molecule has 3 rings (SSSR count). The summed E-state index contributed by atoms with van der Waals surface area (Å²) < 4.78 is 19.9. The Kier molecular flexibility index (Phi) is 8.67. The summed E-state index contributed by atoms with van der Waals surface area (Å²) in [6.07, 6.45) is 3.28. The number of rotatable bonds is 11. The molecule has 0 bridgehead atoms. The second-order valence-corrected chi connectivity index (χ2v) is 8.05. The number of thiazole rings is 1. The molecule has 1 heterocycles.